The maximum absolute atomic E-state index is 11.5. The SMILES string of the molecule is CC(C)(C)OC(=O)NCc1cccc(NC(N)=O)c1. The van der Waals surface area contributed by atoms with Gasteiger partial charge in [-0.3, -0.25) is 0 Å². The summed E-state index contributed by atoms with van der Waals surface area (Å²) in [6.45, 7) is 5.70. The fourth-order valence-corrected chi connectivity index (χ4v) is 1.39. The van der Waals surface area contributed by atoms with E-state index in [1.54, 1.807) is 39.0 Å². The van der Waals surface area contributed by atoms with Gasteiger partial charge in [-0.15, -0.1) is 0 Å². The van der Waals surface area contributed by atoms with Gasteiger partial charge >= 0.3 is 12.1 Å². The Hall–Kier alpha value is -2.24. The van der Waals surface area contributed by atoms with Crippen LogP contribution < -0.4 is 16.4 Å². The minimum Gasteiger partial charge on any atom is -0.444 e. The molecule has 0 radical (unpaired) electrons. The lowest BCUT2D eigenvalue weighted by atomic mass is 10.2. The number of primary amides is 1. The smallest absolute Gasteiger partial charge is 0.407 e. The van der Waals surface area contributed by atoms with E-state index in [4.69, 9.17) is 10.5 Å². The molecule has 4 N–H and O–H groups in total. The standard InChI is InChI=1S/C13H19N3O3/c1-13(2,3)19-12(18)15-8-9-5-4-6-10(7-9)16-11(14)17/h4-7H,8H2,1-3H3,(H,15,18)(H3,14,16,17). The molecule has 6 nitrogen and oxygen atoms in total. The lowest BCUT2D eigenvalue weighted by Crippen LogP contribution is -2.32. The first-order chi connectivity index (χ1) is 8.76. The molecule has 0 aromatic heterocycles. The van der Waals surface area contributed by atoms with Crippen molar-refractivity contribution in [2.45, 2.75) is 32.9 Å². The number of amides is 3. The van der Waals surface area contributed by atoms with Crippen LogP contribution in [0.4, 0.5) is 15.3 Å². The van der Waals surface area contributed by atoms with Gasteiger partial charge in [-0.2, -0.15) is 0 Å². The quantitative estimate of drug-likeness (QED) is 0.782. The Kier molecular flexibility index (Phi) is 4.74. The van der Waals surface area contributed by atoms with Crippen molar-refractivity contribution in [1.29, 1.82) is 0 Å². The molecule has 0 bridgehead atoms. The van der Waals surface area contributed by atoms with Crippen molar-refractivity contribution in [2.24, 2.45) is 5.73 Å². The van der Waals surface area contributed by atoms with Crippen LogP contribution >= 0.6 is 0 Å². The third-order valence-corrected chi connectivity index (χ3v) is 2.03. The minimum atomic E-state index is -0.628. The Labute approximate surface area is 112 Å². The molecule has 0 aliphatic heterocycles. The number of alkyl carbamates (subject to hydrolysis) is 1. The third-order valence-electron chi connectivity index (χ3n) is 2.03. The summed E-state index contributed by atoms with van der Waals surface area (Å²) in [4.78, 5) is 22.2. The first kappa shape index (κ1) is 14.8. The van der Waals surface area contributed by atoms with E-state index in [1.807, 2.05) is 6.07 Å². The zero-order chi connectivity index (χ0) is 14.5. The molecule has 1 aromatic carbocycles. The van der Waals surface area contributed by atoms with Gasteiger partial charge in [0.15, 0.2) is 0 Å². The maximum Gasteiger partial charge on any atom is 0.407 e. The predicted octanol–water partition coefficient (Wildman–Crippen LogP) is 2.20. The normalized spacial score (nSPS) is 10.7. The lowest BCUT2D eigenvalue weighted by molar-refractivity contribution is 0.0523. The van der Waals surface area contributed by atoms with Crippen LogP contribution in [0, 0.1) is 0 Å². The Morgan fingerprint density at radius 2 is 2.00 bits per heavy atom. The Bertz CT molecular complexity index is 466. The number of anilines is 1. The monoisotopic (exact) mass is 265 g/mol. The molecule has 1 aromatic rings. The van der Waals surface area contributed by atoms with Gasteiger partial charge in [0.05, 0.1) is 0 Å². The molecule has 0 fully saturated rings. The molecule has 6 heteroatoms. The third kappa shape index (κ3) is 6.30. The number of ether oxygens (including phenoxy) is 1. The van der Waals surface area contributed by atoms with E-state index in [9.17, 15) is 9.59 Å². The molecule has 104 valence electrons. The van der Waals surface area contributed by atoms with Crippen molar-refractivity contribution in [1.82, 2.24) is 5.32 Å². The molecule has 0 unspecified atom stereocenters. The number of nitrogens with one attached hydrogen (secondary N) is 2. The van der Waals surface area contributed by atoms with Crippen LogP contribution in [0.15, 0.2) is 24.3 Å². The first-order valence-electron chi connectivity index (χ1n) is 5.88. The largest absolute Gasteiger partial charge is 0.444 e. The average molecular weight is 265 g/mol. The number of urea groups is 1. The van der Waals surface area contributed by atoms with Gasteiger partial charge in [-0.25, -0.2) is 9.59 Å². The zero-order valence-electron chi connectivity index (χ0n) is 11.3. The Morgan fingerprint density at radius 3 is 2.58 bits per heavy atom. The van der Waals surface area contributed by atoms with Crippen molar-refractivity contribution < 1.29 is 14.3 Å². The fraction of sp³-hybridized carbons (Fsp3) is 0.385. The van der Waals surface area contributed by atoms with Crippen molar-refractivity contribution in [3.05, 3.63) is 29.8 Å². The second-order valence-electron chi connectivity index (χ2n) is 5.05. The Balaban J connectivity index is 2.53. The van der Waals surface area contributed by atoms with Gasteiger partial charge in [0.25, 0.3) is 0 Å². The minimum absolute atomic E-state index is 0.309. The zero-order valence-corrected chi connectivity index (χ0v) is 11.3. The van der Waals surface area contributed by atoms with Crippen molar-refractivity contribution >= 4 is 17.8 Å². The Morgan fingerprint density at radius 1 is 1.32 bits per heavy atom. The highest BCUT2D eigenvalue weighted by Gasteiger charge is 2.15. The van der Waals surface area contributed by atoms with Gasteiger partial charge in [0.1, 0.15) is 5.60 Å². The molecule has 0 aliphatic rings. The molecular weight excluding hydrogens is 246 g/mol. The van der Waals surface area contributed by atoms with Gasteiger partial charge in [0, 0.05) is 12.2 Å². The highest BCUT2D eigenvalue weighted by atomic mass is 16.6. The van der Waals surface area contributed by atoms with Crippen molar-refractivity contribution in [2.75, 3.05) is 5.32 Å². The van der Waals surface area contributed by atoms with Crippen molar-refractivity contribution in [3.63, 3.8) is 0 Å². The topological polar surface area (TPSA) is 93.4 Å². The molecule has 3 amide bonds. The van der Waals surface area contributed by atoms with Crippen LogP contribution in [-0.2, 0) is 11.3 Å². The lowest BCUT2D eigenvalue weighted by Gasteiger charge is -2.19. The first-order valence-corrected chi connectivity index (χ1v) is 5.88. The molecule has 0 atom stereocenters. The second kappa shape index (κ2) is 6.08. The number of carbonyl (C=O) groups excluding carboxylic acids is 2. The molecule has 0 spiro atoms. The number of carbonyl (C=O) groups is 2. The van der Waals surface area contributed by atoms with E-state index < -0.39 is 17.7 Å². The van der Waals surface area contributed by atoms with Gasteiger partial charge < -0.3 is 21.1 Å². The highest BCUT2D eigenvalue weighted by Crippen LogP contribution is 2.11. The van der Waals surface area contributed by atoms with E-state index in [0.29, 0.717) is 12.2 Å². The van der Waals surface area contributed by atoms with E-state index in [0.717, 1.165) is 5.56 Å². The highest BCUT2D eigenvalue weighted by molar-refractivity contribution is 5.87. The molecular formula is C13H19N3O3. The van der Waals surface area contributed by atoms with Crippen LogP contribution in [0.2, 0.25) is 0 Å². The second-order valence-corrected chi connectivity index (χ2v) is 5.05. The summed E-state index contributed by atoms with van der Waals surface area (Å²) >= 11 is 0. The summed E-state index contributed by atoms with van der Waals surface area (Å²) in [6, 6.07) is 6.39. The maximum atomic E-state index is 11.5. The van der Waals surface area contributed by atoms with Gasteiger partial charge in [-0.05, 0) is 38.5 Å². The van der Waals surface area contributed by atoms with Crippen LogP contribution in [-0.4, -0.2) is 17.7 Å². The van der Waals surface area contributed by atoms with Crippen LogP contribution in [0.3, 0.4) is 0 Å². The average Bonchev–Trinajstić information content (AvgIpc) is 2.23. The summed E-state index contributed by atoms with van der Waals surface area (Å²) in [5.74, 6) is 0. The summed E-state index contributed by atoms with van der Waals surface area (Å²) in [5, 5.41) is 5.10. The van der Waals surface area contributed by atoms with Crippen LogP contribution in [0.1, 0.15) is 26.3 Å². The number of hydrogen-bond acceptors (Lipinski definition) is 3. The summed E-state index contributed by atoms with van der Waals surface area (Å²) in [5.41, 5.74) is 5.91. The van der Waals surface area contributed by atoms with E-state index in [-0.39, 0.29) is 0 Å². The summed E-state index contributed by atoms with van der Waals surface area (Å²) in [7, 11) is 0. The molecule has 0 saturated carbocycles. The van der Waals surface area contributed by atoms with Gasteiger partial charge in [0.2, 0.25) is 0 Å². The number of benzene rings is 1. The molecule has 0 saturated heterocycles. The summed E-state index contributed by atoms with van der Waals surface area (Å²) < 4.78 is 5.11. The van der Waals surface area contributed by atoms with E-state index in [1.165, 1.54) is 0 Å². The van der Waals surface area contributed by atoms with Crippen LogP contribution in [0.25, 0.3) is 0 Å². The van der Waals surface area contributed by atoms with E-state index >= 15 is 0 Å². The molecule has 0 heterocycles. The number of hydrogen-bond donors (Lipinski definition) is 3. The number of rotatable bonds is 3. The predicted molar refractivity (Wildman–Crippen MR) is 72.7 cm³/mol. The number of nitrogens with two attached hydrogens (primary N) is 1. The molecule has 0 aliphatic carbocycles. The summed E-state index contributed by atoms with van der Waals surface area (Å²) in [6.07, 6.45) is -0.485. The van der Waals surface area contributed by atoms with Crippen LogP contribution in [0.5, 0.6) is 0 Å². The molecule has 19 heavy (non-hydrogen) atoms. The fourth-order valence-electron chi connectivity index (χ4n) is 1.39. The van der Waals surface area contributed by atoms with E-state index in [2.05, 4.69) is 10.6 Å². The molecule has 1 rings (SSSR count). The van der Waals surface area contributed by atoms with Gasteiger partial charge in [-0.1, -0.05) is 12.1 Å². The van der Waals surface area contributed by atoms with Crippen molar-refractivity contribution in [3.8, 4) is 0 Å².